The van der Waals surface area contributed by atoms with Crippen molar-refractivity contribution in [3.8, 4) is 5.75 Å². The average Bonchev–Trinajstić information content (AvgIpc) is 2.36. The summed E-state index contributed by atoms with van der Waals surface area (Å²) < 4.78 is 10.7. The van der Waals surface area contributed by atoms with Gasteiger partial charge in [-0.3, -0.25) is 4.79 Å². The van der Waals surface area contributed by atoms with Gasteiger partial charge >= 0.3 is 0 Å². The summed E-state index contributed by atoms with van der Waals surface area (Å²) in [6.07, 6.45) is 0. The minimum atomic E-state index is -0.144. The van der Waals surface area contributed by atoms with Crippen LogP contribution in [-0.2, 0) is 9.53 Å². The molecule has 2 aliphatic rings. The van der Waals surface area contributed by atoms with Gasteiger partial charge in [0.1, 0.15) is 5.75 Å². The lowest BCUT2D eigenvalue weighted by atomic mass is 9.85. The van der Waals surface area contributed by atoms with Gasteiger partial charge in [-0.15, -0.1) is 0 Å². The Bertz CT molecular complexity index is 508. The van der Waals surface area contributed by atoms with Gasteiger partial charge in [-0.25, -0.2) is 0 Å². The lowest BCUT2D eigenvalue weighted by Gasteiger charge is -2.44. The van der Waals surface area contributed by atoms with Crippen molar-refractivity contribution in [2.75, 3.05) is 43.5 Å². The lowest BCUT2D eigenvalue weighted by Crippen LogP contribution is -2.57. The van der Waals surface area contributed by atoms with Crippen molar-refractivity contribution in [2.24, 2.45) is 11.1 Å². The van der Waals surface area contributed by atoms with Crippen LogP contribution in [0.25, 0.3) is 0 Å². The van der Waals surface area contributed by atoms with Crippen molar-refractivity contribution < 1.29 is 14.3 Å². The second kappa shape index (κ2) is 4.40. The minimum Gasteiger partial charge on any atom is -0.482 e. The second-order valence-corrected chi connectivity index (χ2v) is 5.19. The number of benzene rings is 1. The molecule has 3 rings (SSSR count). The quantitative estimate of drug-likeness (QED) is 0.747. The molecule has 1 fully saturated rings. The lowest BCUT2D eigenvalue weighted by molar-refractivity contribution is -0.126. The number of hydrogen-bond acceptors (Lipinski definition) is 5. The van der Waals surface area contributed by atoms with Crippen LogP contribution in [0.5, 0.6) is 5.75 Å². The largest absolute Gasteiger partial charge is 0.482 e. The zero-order valence-corrected chi connectivity index (χ0v) is 10.6. The highest BCUT2D eigenvalue weighted by Gasteiger charge is 2.41. The monoisotopic (exact) mass is 263 g/mol. The number of carbonyl (C=O) groups excluding carboxylic acids is 1. The fraction of sp³-hybridized carbons (Fsp3) is 0.462. The maximum atomic E-state index is 12.1. The Morgan fingerprint density at radius 1 is 1.37 bits per heavy atom. The molecule has 1 saturated heterocycles. The number of ether oxygens (including phenoxy) is 2. The smallest absolute Gasteiger partial charge is 0.265 e. The van der Waals surface area contributed by atoms with E-state index >= 15 is 0 Å². The number of amides is 1. The van der Waals surface area contributed by atoms with Gasteiger partial charge in [0, 0.05) is 24.2 Å². The van der Waals surface area contributed by atoms with Crippen molar-refractivity contribution in [3.63, 3.8) is 0 Å². The molecule has 0 unspecified atom stereocenters. The molecule has 4 N–H and O–H groups in total. The zero-order chi connectivity index (χ0) is 13.5. The highest BCUT2D eigenvalue weighted by atomic mass is 16.5. The number of hydrogen-bond donors (Lipinski definition) is 2. The Morgan fingerprint density at radius 2 is 2.16 bits per heavy atom. The molecule has 1 amide bonds. The highest BCUT2D eigenvalue weighted by Crippen LogP contribution is 2.37. The molecule has 1 aromatic rings. The summed E-state index contributed by atoms with van der Waals surface area (Å²) in [5.74, 6) is 0.610. The van der Waals surface area contributed by atoms with E-state index in [0.29, 0.717) is 37.7 Å². The van der Waals surface area contributed by atoms with E-state index in [9.17, 15) is 4.79 Å². The first-order chi connectivity index (χ1) is 9.13. The van der Waals surface area contributed by atoms with E-state index in [-0.39, 0.29) is 17.9 Å². The number of nitrogen functional groups attached to an aromatic ring is 1. The van der Waals surface area contributed by atoms with Gasteiger partial charge in [0.2, 0.25) is 0 Å². The van der Waals surface area contributed by atoms with E-state index in [1.54, 1.807) is 23.1 Å². The third kappa shape index (κ3) is 2.02. The number of carbonyl (C=O) groups is 1. The van der Waals surface area contributed by atoms with E-state index in [2.05, 4.69) is 0 Å². The number of nitrogens with zero attached hydrogens (tertiary/aromatic N) is 1. The Hall–Kier alpha value is -1.79. The molecular weight excluding hydrogens is 246 g/mol. The average molecular weight is 263 g/mol. The Balaban J connectivity index is 1.92. The number of fused-ring (bicyclic) bond motifs is 1. The topological polar surface area (TPSA) is 90.8 Å². The molecule has 1 aromatic carbocycles. The summed E-state index contributed by atoms with van der Waals surface area (Å²) in [5.41, 5.74) is 12.8. The van der Waals surface area contributed by atoms with Crippen LogP contribution in [0.2, 0.25) is 0 Å². The van der Waals surface area contributed by atoms with Gasteiger partial charge < -0.3 is 25.8 Å². The predicted octanol–water partition coefficient (Wildman–Crippen LogP) is -0.0305. The number of rotatable bonds is 3. The van der Waals surface area contributed by atoms with E-state index < -0.39 is 0 Å². The number of nitrogens with two attached hydrogens (primary N) is 2. The maximum absolute atomic E-state index is 12.1. The van der Waals surface area contributed by atoms with Gasteiger partial charge in [0.05, 0.1) is 18.9 Å². The van der Waals surface area contributed by atoms with Crippen LogP contribution in [0.3, 0.4) is 0 Å². The third-order valence-corrected chi connectivity index (χ3v) is 3.67. The molecule has 102 valence electrons. The third-order valence-electron chi connectivity index (χ3n) is 3.67. The molecular formula is C13H17N3O3. The first-order valence-electron chi connectivity index (χ1n) is 6.24. The van der Waals surface area contributed by atoms with Crippen LogP contribution in [0.1, 0.15) is 0 Å². The molecule has 0 radical (unpaired) electrons. The Kier molecular flexibility index (Phi) is 2.83. The fourth-order valence-corrected chi connectivity index (χ4v) is 2.39. The molecule has 6 heteroatoms. The molecule has 2 heterocycles. The normalized spacial score (nSPS) is 20.5. The van der Waals surface area contributed by atoms with Crippen molar-refractivity contribution in [1.29, 1.82) is 0 Å². The Morgan fingerprint density at radius 3 is 2.79 bits per heavy atom. The standard InChI is InChI=1S/C13H17N3O3/c14-5-13(7-18-8-13)6-16-10-3-9(15)1-2-11(10)19-4-12(16)17/h1-3H,4-8,14-15H2. The van der Waals surface area contributed by atoms with Gasteiger partial charge in [-0.2, -0.15) is 0 Å². The molecule has 19 heavy (non-hydrogen) atoms. The van der Waals surface area contributed by atoms with Crippen LogP contribution in [0, 0.1) is 5.41 Å². The first-order valence-corrected chi connectivity index (χ1v) is 6.24. The minimum absolute atomic E-state index is 0.0540. The van der Waals surface area contributed by atoms with Crippen molar-refractivity contribution in [2.45, 2.75) is 0 Å². The van der Waals surface area contributed by atoms with Gasteiger partial charge in [0.25, 0.3) is 5.91 Å². The first kappa shape index (κ1) is 12.3. The molecule has 0 spiro atoms. The SMILES string of the molecule is NCC1(CN2C(=O)COc3ccc(N)cc32)COC1. The molecule has 0 saturated carbocycles. The van der Waals surface area contributed by atoms with Crippen LogP contribution >= 0.6 is 0 Å². The summed E-state index contributed by atoms with van der Waals surface area (Å²) in [6, 6.07) is 5.31. The van der Waals surface area contributed by atoms with E-state index in [1.165, 1.54) is 0 Å². The molecule has 0 aromatic heterocycles. The maximum Gasteiger partial charge on any atom is 0.265 e. The molecule has 6 nitrogen and oxygen atoms in total. The summed E-state index contributed by atoms with van der Waals surface area (Å²) in [7, 11) is 0. The number of anilines is 2. The molecule has 0 aliphatic carbocycles. The van der Waals surface area contributed by atoms with E-state index in [1.807, 2.05) is 0 Å². The van der Waals surface area contributed by atoms with Gasteiger partial charge in [-0.1, -0.05) is 0 Å². The van der Waals surface area contributed by atoms with E-state index in [4.69, 9.17) is 20.9 Å². The molecule has 0 atom stereocenters. The summed E-state index contributed by atoms with van der Waals surface area (Å²) in [5, 5.41) is 0. The fourth-order valence-electron chi connectivity index (χ4n) is 2.39. The summed E-state index contributed by atoms with van der Waals surface area (Å²) >= 11 is 0. The van der Waals surface area contributed by atoms with Crippen LogP contribution in [-0.4, -0.2) is 38.8 Å². The molecule has 2 aliphatic heterocycles. The van der Waals surface area contributed by atoms with Gasteiger partial charge in [-0.05, 0) is 18.2 Å². The second-order valence-electron chi connectivity index (χ2n) is 5.19. The molecule has 0 bridgehead atoms. The van der Waals surface area contributed by atoms with Gasteiger partial charge in [0.15, 0.2) is 6.61 Å². The van der Waals surface area contributed by atoms with Crippen LogP contribution < -0.4 is 21.1 Å². The van der Waals surface area contributed by atoms with Crippen molar-refractivity contribution >= 4 is 17.3 Å². The van der Waals surface area contributed by atoms with Crippen LogP contribution in [0.15, 0.2) is 18.2 Å². The predicted molar refractivity (Wildman–Crippen MR) is 71.0 cm³/mol. The summed E-state index contributed by atoms with van der Waals surface area (Å²) in [4.78, 5) is 13.8. The zero-order valence-electron chi connectivity index (χ0n) is 10.6. The highest BCUT2D eigenvalue weighted by molar-refractivity contribution is 5.98. The van der Waals surface area contributed by atoms with E-state index in [0.717, 1.165) is 5.69 Å². The van der Waals surface area contributed by atoms with Crippen molar-refractivity contribution in [1.82, 2.24) is 0 Å². The van der Waals surface area contributed by atoms with Crippen LogP contribution in [0.4, 0.5) is 11.4 Å². The Labute approximate surface area is 111 Å². The summed E-state index contributed by atoms with van der Waals surface area (Å²) in [6.45, 7) is 2.27. The van der Waals surface area contributed by atoms with Crippen molar-refractivity contribution in [3.05, 3.63) is 18.2 Å².